The van der Waals surface area contributed by atoms with Gasteiger partial charge in [0.15, 0.2) is 5.65 Å². The van der Waals surface area contributed by atoms with Crippen LogP contribution in [0.15, 0.2) is 45.9 Å². The number of hydrogen-bond acceptors (Lipinski definition) is 6. The molecule has 0 atom stereocenters. The summed E-state index contributed by atoms with van der Waals surface area (Å²) in [5.74, 6) is 0. The molecule has 0 amide bonds. The third-order valence-corrected chi connectivity index (χ3v) is 6.46. The number of aryl methyl sites for hydroxylation is 2. The van der Waals surface area contributed by atoms with Crippen LogP contribution in [0.5, 0.6) is 0 Å². The van der Waals surface area contributed by atoms with Gasteiger partial charge in [0.1, 0.15) is 5.58 Å². The van der Waals surface area contributed by atoms with Gasteiger partial charge in [-0.05, 0) is 44.9 Å². The van der Waals surface area contributed by atoms with Gasteiger partial charge in [-0.3, -0.25) is 9.88 Å². The van der Waals surface area contributed by atoms with Gasteiger partial charge in [-0.25, -0.2) is 9.78 Å². The van der Waals surface area contributed by atoms with Crippen molar-refractivity contribution in [1.29, 1.82) is 0 Å². The predicted molar refractivity (Wildman–Crippen MR) is 121 cm³/mol. The standard InChI is InChI=1S/C24H25N5O2/c1-15-13-29-14-21(26-23(29)16(2)25-15)20-11-17-3-4-19(12-22(17)31-24(20)30)28-9-7-27(8-10-28)18-5-6-18/h3-4,11-14,18H,5-10H2,1-2H3. The van der Waals surface area contributed by atoms with Gasteiger partial charge >= 0.3 is 5.63 Å². The van der Waals surface area contributed by atoms with E-state index in [9.17, 15) is 4.79 Å². The molecule has 31 heavy (non-hydrogen) atoms. The number of benzene rings is 1. The monoisotopic (exact) mass is 415 g/mol. The van der Waals surface area contributed by atoms with Gasteiger partial charge in [0.05, 0.1) is 22.6 Å². The van der Waals surface area contributed by atoms with Gasteiger partial charge in [0.2, 0.25) is 0 Å². The molecule has 1 saturated heterocycles. The number of anilines is 1. The van der Waals surface area contributed by atoms with E-state index in [-0.39, 0.29) is 5.63 Å². The lowest BCUT2D eigenvalue weighted by atomic mass is 10.1. The van der Waals surface area contributed by atoms with Crippen LogP contribution in [0.3, 0.4) is 0 Å². The summed E-state index contributed by atoms with van der Waals surface area (Å²) in [6.07, 6.45) is 6.48. The molecule has 7 nitrogen and oxygen atoms in total. The summed E-state index contributed by atoms with van der Waals surface area (Å²) in [5, 5.41) is 0.901. The Morgan fingerprint density at radius 1 is 1.00 bits per heavy atom. The first-order chi connectivity index (χ1) is 15.0. The summed E-state index contributed by atoms with van der Waals surface area (Å²) in [6.45, 7) is 8.10. The molecule has 1 aromatic carbocycles. The molecule has 0 radical (unpaired) electrons. The van der Waals surface area contributed by atoms with E-state index in [0.717, 1.165) is 60.3 Å². The highest BCUT2D eigenvalue weighted by atomic mass is 16.4. The van der Waals surface area contributed by atoms with Crippen molar-refractivity contribution >= 4 is 22.3 Å². The first-order valence-electron chi connectivity index (χ1n) is 11.0. The third kappa shape index (κ3) is 3.29. The number of rotatable bonds is 3. The zero-order valence-corrected chi connectivity index (χ0v) is 17.8. The topological polar surface area (TPSA) is 66.9 Å². The molecule has 4 aromatic rings. The van der Waals surface area contributed by atoms with Crippen LogP contribution in [-0.2, 0) is 0 Å². The minimum Gasteiger partial charge on any atom is -0.422 e. The van der Waals surface area contributed by atoms with Crippen molar-refractivity contribution in [2.75, 3.05) is 31.1 Å². The van der Waals surface area contributed by atoms with E-state index >= 15 is 0 Å². The maximum absolute atomic E-state index is 12.8. The van der Waals surface area contributed by atoms with Crippen molar-refractivity contribution in [1.82, 2.24) is 19.3 Å². The fraction of sp³-hybridized carbons (Fsp3) is 0.375. The SMILES string of the molecule is Cc1cn2cc(-c3cc4ccc(N5CCN(C6CC6)CC5)cc4oc3=O)nc2c(C)n1. The van der Waals surface area contributed by atoms with Crippen molar-refractivity contribution < 1.29 is 4.42 Å². The summed E-state index contributed by atoms with van der Waals surface area (Å²) in [5.41, 5.74) is 4.94. The Bertz CT molecular complexity index is 1360. The van der Waals surface area contributed by atoms with Crippen LogP contribution in [-0.4, -0.2) is 51.5 Å². The Morgan fingerprint density at radius 2 is 1.81 bits per heavy atom. The first-order valence-corrected chi connectivity index (χ1v) is 11.0. The van der Waals surface area contributed by atoms with E-state index < -0.39 is 0 Å². The average molecular weight is 415 g/mol. The molecular formula is C24H25N5O2. The van der Waals surface area contributed by atoms with Crippen molar-refractivity contribution in [2.24, 2.45) is 0 Å². The average Bonchev–Trinajstić information content (AvgIpc) is 3.52. The lowest BCUT2D eigenvalue weighted by Gasteiger charge is -2.36. The van der Waals surface area contributed by atoms with Gasteiger partial charge in [-0.2, -0.15) is 0 Å². The quantitative estimate of drug-likeness (QED) is 0.478. The van der Waals surface area contributed by atoms with Crippen LogP contribution < -0.4 is 10.5 Å². The van der Waals surface area contributed by atoms with Crippen LogP contribution in [0.25, 0.3) is 27.9 Å². The highest BCUT2D eigenvalue weighted by Gasteiger charge is 2.31. The number of nitrogens with zero attached hydrogens (tertiary/aromatic N) is 5. The van der Waals surface area contributed by atoms with E-state index in [1.165, 1.54) is 12.8 Å². The van der Waals surface area contributed by atoms with E-state index in [1.807, 2.05) is 48.8 Å². The van der Waals surface area contributed by atoms with Crippen molar-refractivity contribution in [3.05, 3.63) is 58.5 Å². The molecule has 2 fully saturated rings. The zero-order valence-electron chi connectivity index (χ0n) is 17.8. The molecule has 0 spiro atoms. The summed E-state index contributed by atoms with van der Waals surface area (Å²) in [4.78, 5) is 26.9. The number of hydrogen-bond donors (Lipinski definition) is 0. The van der Waals surface area contributed by atoms with Crippen LogP contribution in [0, 0.1) is 13.8 Å². The maximum atomic E-state index is 12.8. The molecule has 4 heterocycles. The summed E-state index contributed by atoms with van der Waals surface area (Å²) in [6, 6.07) is 8.86. The fourth-order valence-electron chi connectivity index (χ4n) is 4.69. The molecule has 7 heteroatoms. The lowest BCUT2D eigenvalue weighted by Crippen LogP contribution is -2.47. The van der Waals surface area contributed by atoms with Crippen LogP contribution in [0.2, 0.25) is 0 Å². The maximum Gasteiger partial charge on any atom is 0.345 e. The smallest absolute Gasteiger partial charge is 0.345 e. The van der Waals surface area contributed by atoms with Gasteiger partial charge < -0.3 is 13.7 Å². The highest BCUT2D eigenvalue weighted by Crippen LogP contribution is 2.30. The van der Waals surface area contributed by atoms with E-state index in [0.29, 0.717) is 16.8 Å². The molecule has 6 rings (SSSR count). The Hall–Kier alpha value is -3.19. The molecule has 0 N–H and O–H groups in total. The van der Waals surface area contributed by atoms with Crippen molar-refractivity contribution in [3.63, 3.8) is 0 Å². The summed E-state index contributed by atoms with van der Waals surface area (Å²) >= 11 is 0. The summed E-state index contributed by atoms with van der Waals surface area (Å²) < 4.78 is 7.66. The van der Waals surface area contributed by atoms with Crippen LogP contribution >= 0.6 is 0 Å². The molecule has 1 saturated carbocycles. The number of fused-ring (bicyclic) bond motifs is 2. The molecule has 0 bridgehead atoms. The van der Waals surface area contributed by atoms with Gasteiger partial charge in [0, 0.05) is 61.8 Å². The van der Waals surface area contributed by atoms with E-state index in [1.54, 1.807) is 0 Å². The minimum absolute atomic E-state index is 0.367. The third-order valence-electron chi connectivity index (χ3n) is 6.46. The van der Waals surface area contributed by atoms with Gasteiger partial charge in [-0.15, -0.1) is 0 Å². The van der Waals surface area contributed by atoms with Crippen molar-refractivity contribution in [2.45, 2.75) is 32.7 Å². The van der Waals surface area contributed by atoms with Gasteiger partial charge in [0.25, 0.3) is 0 Å². The van der Waals surface area contributed by atoms with Crippen molar-refractivity contribution in [3.8, 4) is 11.3 Å². The highest BCUT2D eigenvalue weighted by molar-refractivity contribution is 5.84. The minimum atomic E-state index is -0.367. The van der Waals surface area contributed by atoms with Crippen LogP contribution in [0.4, 0.5) is 5.69 Å². The summed E-state index contributed by atoms with van der Waals surface area (Å²) in [7, 11) is 0. The normalized spacial score (nSPS) is 17.7. The molecule has 3 aromatic heterocycles. The largest absolute Gasteiger partial charge is 0.422 e. The molecule has 1 aliphatic heterocycles. The number of imidazole rings is 1. The first kappa shape index (κ1) is 18.6. The second-order valence-corrected chi connectivity index (χ2v) is 8.75. The number of piperazine rings is 1. The van der Waals surface area contributed by atoms with Crippen LogP contribution in [0.1, 0.15) is 24.2 Å². The fourth-order valence-corrected chi connectivity index (χ4v) is 4.69. The van der Waals surface area contributed by atoms with E-state index in [4.69, 9.17) is 4.42 Å². The molecule has 1 aliphatic carbocycles. The zero-order chi connectivity index (χ0) is 21.1. The Labute approximate surface area is 179 Å². The Kier molecular flexibility index (Phi) is 4.14. The Morgan fingerprint density at radius 3 is 2.58 bits per heavy atom. The lowest BCUT2D eigenvalue weighted by molar-refractivity contribution is 0.248. The van der Waals surface area contributed by atoms with E-state index in [2.05, 4.69) is 25.8 Å². The molecule has 0 unspecified atom stereocenters. The van der Waals surface area contributed by atoms with Gasteiger partial charge in [-0.1, -0.05) is 0 Å². The molecular weight excluding hydrogens is 390 g/mol. The molecule has 2 aliphatic rings. The Balaban J connectivity index is 1.33. The number of aromatic nitrogens is 3. The molecule has 158 valence electrons. The second kappa shape index (κ2) is 6.92. The predicted octanol–water partition coefficient (Wildman–Crippen LogP) is 3.40. The second-order valence-electron chi connectivity index (χ2n) is 8.75.